The van der Waals surface area contributed by atoms with Gasteiger partial charge in [-0.05, 0) is 24.7 Å². The summed E-state index contributed by atoms with van der Waals surface area (Å²) < 4.78 is 0. The summed E-state index contributed by atoms with van der Waals surface area (Å²) in [5.74, 6) is 2.11. The molecule has 2 atom stereocenters. The van der Waals surface area contributed by atoms with Gasteiger partial charge in [-0.15, -0.1) is 0 Å². The predicted octanol–water partition coefficient (Wildman–Crippen LogP) is 1.62. The van der Waals surface area contributed by atoms with Gasteiger partial charge in [0, 0.05) is 5.92 Å². The molecule has 0 bridgehead atoms. The average molecular weight is 124 g/mol. The molecule has 0 aromatic carbocycles. The van der Waals surface area contributed by atoms with E-state index in [1.165, 1.54) is 32.0 Å². The molecule has 2 rings (SSSR count). The largest absolute Gasteiger partial charge is 0.303 e. The first-order chi connectivity index (χ1) is 4.43. The van der Waals surface area contributed by atoms with Gasteiger partial charge in [0.25, 0.3) is 0 Å². The summed E-state index contributed by atoms with van der Waals surface area (Å²) >= 11 is 0. The van der Waals surface area contributed by atoms with E-state index < -0.39 is 0 Å². The molecule has 2 fully saturated rings. The van der Waals surface area contributed by atoms with Crippen LogP contribution in [0.15, 0.2) is 0 Å². The number of rotatable bonds is 1. The fraction of sp³-hybridized carbons (Fsp3) is 0.875. The second kappa shape index (κ2) is 1.83. The molecule has 0 saturated heterocycles. The van der Waals surface area contributed by atoms with Crippen LogP contribution in [-0.2, 0) is 4.79 Å². The first kappa shape index (κ1) is 5.45. The smallest absolute Gasteiger partial charge is 0.123 e. The summed E-state index contributed by atoms with van der Waals surface area (Å²) in [5, 5.41) is 0. The molecule has 2 aliphatic carbocycles. The van der Waals surface area contributed by atoms with E-state index in [1.807, 2.05) is 0 Å². The minimum Gasteiger partial charge on any atom is -0.303 e. The predicted molar refractivity (Wildman–Crippen MR) is 35.0 cm³/mol. The van der Waals surface area contributed by atoms with Crippen LogP contribution in [0.2, 0.25) is 0 Å². The van der Waals surface area contributed by atoms with Crippen LogP contribution in [-0.4, -0.2) is 6.29 Å². The molecular formula is C8H12O. The van der Waals surface area contributed by atoms with Crippen molar-refractivity contribution >= 4 is 6.29 Å². The zero-order chi connectivity index (χ0) is 6.27. The molecule has 0 radical (unpaired) electrons. The van der Waals surface area contributed by atoms with Gasteiger partial charge < -0.3 is 4.79 Å². The zero-order valence-corrected chi connectivity index (χ0v) is 5.55. The minimum absolute atomic E-state index is 0.479. The van der Waals surface area contributed by atoms with Crippen LogP contribution in [0, 0.1) is 17.8 Å². The molecule has 0 heterocycles. The third-order valence-corrected chi connectivity index (χ3v) is 2.88. The van der Waals surface area contributed by atoms with E-state index in [0.29, 0.717) is 5.92 Å². The van der Waals surface area contributed by atoms with Gasteiger partial charge in [-0.25, -0.2) is 0 Å². The zero-order valence-electron chi connectivity index (χ0n) is 5.55. The van der Waals surface area contributed by atoms with E-state index in [9.17, 15) is 4.79 Å². The van der Waals surface area contributed by atoms with Crippen molar-refractivity contribution in [1.29, 1.82) is 0 Å². The van der Waals surface area contributed by atoms with Gasteiger partial charge in [-0.2, -0.15) is 0 Å². The van der Waals surface area contributed by atoms with Crippen LogP contribution in [0.3, 0.4) is 0 Å². The highest BCUT2D eigenvalue weighted by Crippen LogP contribution is 2.53. The average Bonchev–Trinajstić information content (AvgIpc) is 2.60. The van der Waals surface area contributed by atoms with E-state index in [1.54, 1.807) is 0 Å². The van der Waals surface area contributed by atoms with Crippen LogP contribution < -0.4 is 0 Å². The maximum Gasteiger partial charge on any atom is 0.123 e. The highest BCUT2D eigenvalue weighted by molar-refractivity contribution is 5.59. The monoisotopic (exact) mass is 124 g/mol. The number of aldehydes is 1. The Morgan fingerprint density at radius 1 is 1.11 bits per heavy atom. The summed E-state index contributed by atoms with van der Waals surface area (Å²) in [4.78, 5) is 10.3. The standard InChI is InChI=1S/C8H12O/c9-5-8-6-3-1-2-4-7(6)8/h5-8H,1-4H2/t6-,7-/m0/s1. The summed E-state index contributed by atoms with van der Waals surface area (Å²) in [6.07, 6.45) is 6.56. The van der Waals surface area contributed by atoms with Crippen LogP contribution in [0.1, 0.15) is 25.7 Å². The van der Waals surface area contributed by atoms with Crippen molar-refractivity contribution in [3.8, 4) is 0 Å². The second-order valence-corrected chi connectivity index (χ2v) is 3.33. The third-order valence-electron chi connectivity index (χ3n) is 2.88. The van der Waals surface area contributed by atoms with Crippen molar-refractivity contribution in [2.24, 2.45) is 17.8 Å². The highest BCUT2D eigenvalue weighted by atomic mass is 16.1. The van der Waals surface area contributed by atoms with Gasteiger partial charge in [-0.3, -0.25) is 0 Å². The molecule has 0 N–H and O–H groups in total. The normalized spacial score (nSPS) is 47.8. The summed E-state index contributed by atoms with van der Waals surface area (Å²) in [5.41, 5.74) is 0. The van der Waals surface area contributed by atoms with E-state index in [-0.39, 0.29) is 0 Å². The maximum absolute atomic E-state index is 10.3. The lowest BCUT2D eigenvalue weighted by molar-refractivity contribution is -0.109. The van der Waals surface area contributed by atoms with Gasteiger partial charge in [-0.1, -0.05) is 12.8 Å². The van der Waals surface area contributed by atoms with Crippen LogP contribution in [0.5, 0.6) is 0 Å². The molecule has 0 aromatic heterocycles. The van der Waals surface area contributed by atoms with Gasteiger partial charge in [0.2, 0.25) is 0 Å². The molecule has 50 valence electrons. The molecule has 0 spiro atoms. The first-order valence-electron chi connectivity index (χ1n) is 3.89. The highest BCUT2D eigenvalue weighted by Gasteiger charge is 2.50. The maximum atomic E-state index is 10.3. The van der Waals surface area contributed by atoms with Crippen molar-refractivity contribution in [3.63, 3.8) is 0 Å². The number of carbonyl (C=O) groups is 1. The molecule has 1 nitrogen and oxygen atoms in total. The lowest BCUT2D eigenvalue weighted by Crippen LogP contribution is -1.91. The molecule has 2 saturated carbocycles. The molecule has 0 aromatic rings. The van der Waals surface area contributed by atoms with E-state index >= 15 is 0 Å². The van der Waals surface area contributed by atoms with Crippen molar-refractivity contribution in [2.75, 3.05) is 0 Å². The number of hydrogen-bond acceptors (Lipinski definition) is 1. The molecule has 0 amide bonds. The summed E-state index contributed by atoms with van der Waals surface area (Å²) in [6.45, 7) is 0. The van der Waals surface area contributed by atoms with Gasteiger partial charge in [0.1, 0.15) is 6.29 Å². The number of carbonyl (C=O) groups excluding carboxylic acids is 1. The van der Waals surface area contributed by atoms with E-state index in [0.717, 1.165) is 11.8 Å². The van der Waals surface area contributed by atoms with Crippen molar-refractivity contribution in [3.05, 3.63) is 0 Å². The molecule has 0 unspecified atom stereocenters. The Balaban J connectivity index is 1.98. The Bertz CT molecular complexity index is 119. The lowest BCUT2D eigenvalue weighted by atomic mass is 10.0. The van der Waals surface area contributed by atoms with Gasteiger partial charge in [0.15, 0.2) is 0 Å². The third kappa shape index (κ3) is 0.707. The minimum atomic E-state index is 0.479. The fourth-order valence-corrected chi connectivity index (χ4v) is 2.25. The van der Waals surface area contributed by atoms with Crippen LogP contribution in [0.25, 0.3) is 0 Å². The number of fused-ring (bicyclic) bond motifs is 1. The Morgan fingerprint density at radius 2 is 1.67 bits per heavy atom. The SMILES string of the molecule is O=CC1[C@H]2CCCC[C@H]12. The van der Waals surface area contributed by atoms with Crippen LogP contribution >= 0.6 is 0 Å². The molecular weight excluding hydrogens is 112 g/mol. The lowest BCUT2D eigenvalue weighted by Gasteiger charge is -2.04. The molecule has 2 aliphatic rings. The Kier molecular flexibility index (Phi) is 1.11. The topological polar surface area (TPSA) is 17.1 Å². The molecule has 0 aliphatic heterocycles. The van der Waals surface area contributed by atoms with Crippen molar-refractivity contribution < 1.29 is 4.79 Å². The van der Waals surface area contributed by atoms with Crippen molar-refractivity contribution in [1.82, 2.24) is 0 Å². The van der Waals surface area contributed by atoms with Gasteiger partial charge >= 0.3 is 0 Å². The van der Waals surface area contributed by atoms with Crippen molar-refractivity contribution in [2.45, 2.75) is 25.7 Å². The Labute approximate surface area is 55.4 Å². The van der Waals surface area contributed by atoms with Crippen LogP contribution in [0.4, 0.5) is 0 Å². The number of hydrogen-bond donors (Lipinski definition) is 0. The summed E-state index contributed by atoms with van der Waals surface area (Å²) in [6, 6.07) is 0. The quantitative estimate of drug-likeness (QED) is 0.485. The molecule has 9 heavy (non-hydrogen) atoms. The second-order valence-electron chi connectivity index (χ2n) is 3.33. The Morgan fingerprint density at radius 3 is 2.11 bits per heavy atom. The van der Waals surface area contributed by atoms with E-state index in [4.69, 9.17) is 0 Å². The van der Waals surface area contributed by atoms with E-state index in [2.05, 4.69) is 0 Å². The fourth-order valence-electron chi connectivity index (χ4n) is 2.25. The Hall–Kier alpha value is -0.330. The molecule has 1 heteroatoms. The summed E-state index contributed by atoms with van der Waals surface area (Å²) in [7, 11) is 0. The first-order valence-corrected chi connectivity index (χ1v) is 3.89. The van der Waals surface area contributed by atoms with Gasteiger partial charge in [0.05, 0.1) is 0 Å².